The number of rotatable bonds is 32. The summed E-state index contributed by atoms with van der Waals surface area (Å²) in [4.78, 5) is 38.5. The van der Waals surface area contributed by atoms with E-state index >= 15 is 0 Å². The summed E-state index contributed by atoms with van der Waals surface area (Å²) in [5.41, 5.74) is 7.04. The van der Waals surface area contributed by atoms with Crippen LogP contribution >= 0.6 is 0 Å². The first-order chi connectivity index (χ1) is 46.3. The Morgan fingerprint density at radius 1 is 0.588 bits per heavy atom. The second kappa shape index (κ2) is 34.3. The number of carbonyl (C=O) groups is 3. The van der Waals surface area contributed by atoms with Crippen molar-refractivity contribution in [3.8, 4) is 34.5 Å². The minimum atomic E-state index is -4.08. The maximum Gasteiger partial charge on any atom is 0.407 e. The molecule has 0 aromatic heterocycles. The van der Waals surface area contributed by atoms with E-state index in [0.29, 0.717) is 93.3 Å². The zero-order valence-corrected chi connectivity index (χ0v) is 57.9. The van der Waals surface area contributed by atoms with Gasteiger partial charge in [0.25, 0.3) is 0 Å². The molecule has 0 radical (unpaired) electrons. The van der Waals surface area contributed by atoms with Crippen LogP contribution in [0.25, 0.3) is 0 Å². The van der Waals surface area contributed by atoms with E-state index < -0.39 is 75.0 Å². The molecule has 7 N–H and O–H groups in total. The van der Waals surface area contributed by atoms with E-state index in [4.69, 9.17) is 62.6 Å². The summed E-state index contributed by atoms with van der Waals surface area (Å²) in [5, 5.41) is 31.8. The summed E-state index contributed by atoms with van der Waals surface area (Å²) in [6, 6.07) is 21.6. The standard InChI is InChI=1S/C37H53N3O11S.C31H43N3O10S/c1-24(2)20-40(52(44,45)27-11-12-31-32(18-27)50-23-49-31)21-30(41)29(39-36(43)51-33-22-48-35-28(33)13-16-47-35)17-25-7-9-26(10-8-25)46-15-6-14-38-34(42)19-37(3,4)5;1-20(2)16-34(45(37,38)23-8-9-27-28(15-23)43-19-42-27)17-26(35)25(14-21-4-6-22(7-5-21)39-12-3-11-32)33-31(36)44-29-18-41-30-24(29)10-13-40-30/h7-12,18,24,28-30,33,35,41H,6,13-17,19-23H2,1-5H3,(H,38,42)(H,39,43);4-9,15,20,24-26,29-30,35H,3,10-14,16-19,32H2,1-2H3,(H,33,36)/t28-,29-,30+,33-,35+;24-,25-,26+,29+,30+/m00/s1. The van der Waals surface area contributed by atoms with Crippen molar-refractivity contribution in [1.29, 1.82) is 0 Å². The van der Waals surface area contributed by atoms with Gasteiger partial charge < -0.3 is 88.7 Å². The van der Waals surface area contributed by atoms with Crippen LogP contribution in [0.15, 0.2) is 94.7 Å². The molecule has 6 aliphatic heterocycles. The topological polar surface area (TPSA) is 339 Å². The van der Waals surface area contributed by atoms with Crippen LogP contribution in [0.5, 0.6) is 34.5 Å². The number of aliphatic hydroxyl groups excluding tert-OH is 2. The normalized spacial score (nSPS) is 21.3. The highest BCUT2D eigenvalue weighted by atomic mass is 32.2. The molecule has 6 heterocycles. The van der Waals surface area contributed by atoms with Gasteiger partial charge in [-0.2, -0.15) is 8.61 Å². The number of sulfonamides is 2. The van der Waals surface area contributed by atoms with Crippen molar-refractivity contribution in [2.24, 2.45) is 34.8 Å². The van der Waals surface area contributed by atoms with Crippen LogP contribution in [0.2, 0.25) is 0 Å². The number of carbonyl (C=O) groups excluding carboxylic acids is 3. The molecule has 0 unspecified atom stereocenters. The monoisotopic (exact) mass is 1400 g/mol. The molecule has 6 aliphatic rings. The number of fused-ring (bicyclic) bond motifs is 4. The lowest BCUT2D eigenvalue weighted by Crippen LogP contribution is -2.51. The quantitative estimate of drug-likeness (QED) is 0.0301. The molecule has 0 bridgehead atoms. The first-order valence-corrected chi connectivity index (χ1v) is 36.2. The lowest BCUT2D eigenvalue weighted by Gasteiger charge is -2.31. The number of nitrogens with zero attached hydrogens (tertiary/aromatic N) is 2. The van der Waals surface area contributed by atoms with Crippen molar-refractivity contribution in [2.75, 3.05) is 92.5 Å². The fraction of sp³-hybridized carbons (Fsp3) is 0.603. The van der Waals surface area contributed by atoms with Crippen LogP contribution in [0.3, 0.4) is 0 Å². The third-order valence-electron chi connectivity index (χ3n) is 16.9. The molecule has 29 heteroatoms. The van der Waals surface area contributed by atoms with E-state index in [1.54, 1.807) is 36.4 Å². The Morgan fingerprint density at radius 2 is 1.01 bits per heavy atom. The number of alkyl carbamates (subject to hydrolysis) is 2. The molecular formula is C68H96N6O21S2. The van der Waals surface area contributed by atoms with Gasteiger partial charge in [0.2, 0.25) is 39.5 Å². The van der Waals surface area contributed by atoms with Gasteiger partial charge in [0.15, 0.2) is 35.6 Å². The molecule has 0 saturated carbocycles. The van der Waals surface area contributed by atoms with Gasteiger partial charge in [-0.25, -0.2) is 26.4 Å². The lowest BCUT2D eigenvalue weighted by molar-refractivity contribution is -0.122. The third-order valence-corrected chi connectivity index (χ3v) is 20.5. The number of nitrogens with two attached hydrogens (primary N) is 1. The Bertz CT molecular complexity index is 3450. The van der Waals surface area contributed by atoms with E-state index in [-0.39, 0.29) is 117 Å². The summed E-state index contributed by atoms with van der Waals surface area (Å²) in [6.45, 7) is 16.7. The Kier molecular flexibility index (Phi) is 26.4. The van der Waals surface area contributed by atoms with Crippen molar-refractivity contribution in [2.45, 2.75) is 152 Å². The first-order valence-electron chi connectivity index (χ1n) is 33.3. The van der Waals surface area contributed by atoms with E-state index in [2.05, 4.69) is 16.0 Å². The number of amides is 3. The predicted octanol–water partition coefficient (Wildman–Crippen LogP) is 6.09. The minimum absolute atomic E-state index is 0.00269. The molecule has 3 amide bonds. The molecule has 4 fully saturated rings. The number of hydrogen-bond acceptors (Lipinski definition) is 22. The highest BCUT2D eigenvalue weighted by molar-refractivity contribution is 7.89. The maximum absolute atomic E-state index is 13.9. The number of hydrogen-bond donors (Lipinski definition) is 6. The van der Waals surface area contributed by atoms with Crippen molar-refractivity contribution >= 4 is 38.1 Å². The maximum atomic E-state index is 13.9. The largest absolute Gasteiger partial charge is 0.494 e. The smallest absolute Gasteiger partial charge is 0.407 e. The van der Waals surface area contributed by atoms with Crippen LogP contribution in [0.1, 0.15) is 91.7 Å². The lowest BCUT2D eigenvalue weighted by atomic mass is 9.92. The van der Waals surface area contributed by atoms with Crippen LogP contribution in [-0.4, -0.2) is 195 Å². The summed E-state index contributed by atoms with van der Waals surface area (Å²) < 4.78 is 125. The highest BCUT2D eigenvalue weighted by Crippen LogP contribution is 2.38. The second-order valence-electron chi connectivity index (χ2n) is 27.0. The molecular weight excluding hydrogens is 1300 g/mol. The van der Waals surface area contributed by atoms with Crippen molar-refractivity contribution < 1.29 is 98.3 Å². The molecule has 0 spiro atoms. The molecule has 27 nitrogen and oxygen atoms in total. The van der Waals surface area contributed by atoms with E-state index in [1.165, 1.54) is 32.9 Å². The number of aliphatic hydroxyl groups is 2. The Hall–Kier alpha value is -6.77. The Labute approximate surface area is 568 Å². The van der Waals surface area contributed by atoms with Crippen LogP contribution in [-0.2, 0) is 66.1 Å². The van der Waals surface area contributed by atoms with Crippen molar-refractivity contribution in [3.05, 3.63) is 96.1 Å². The van der Waals surface area contributed by atoms with Gasteiger partial charge in [0.1, 0.15) is 23.7 Å². The van der Waals surface area contributed by atoms with Gasteiger partial charge in [-0.05, 0) is 122 Å². The predicted molar refractivity (Wildman–Crippen MR) is 353 cm³/mol. The molecule has 97 heavy (non-hydrogen) atoms. The average molecular weight is 1400 g/mol. The SMILES string of the molecule is CC(C)CN(C[C@@H](O)[C@H](Cc1ccc(OCCCN)cc1)NC(=O)O[C@@H]1CO[C@H]2OCC[C@H]21)S(=O)(=O)c1ccc2c(c1)OCO2.CC(C)CN(C[C@@H](O)[C@H](Cc1ccc(OCCCNC(=O)CC(C)(C)C)cc1)NC(=O)O[C@H]1CO[C@H]2OCC[C@H]21)S(=O)(=O)c1ccc2c(c1)OCO2. The zero-order valence-electron chi connectivity index (χ0n) is 56.3. The fourth-order valence-electron chi connectivity index (χ4n) is 12.0. The van der Waals surface area contributed by atoms with Gasteiger partial charge in [-0.3, -0.25) is 4.79 Å². The van der Waals surface area contributed by atoms with Gasteiger partial charge in [0.05, 0.1) is 85.6 Å². The van der Waals surface area contributed by atoms with Gasteiger partial charge in [-0.15, -0.1) is 0 Å². The molecule has 10 rings (SSSR count). The number of benzene rings is 4. The molecule has 10 atom stereocenters. The van der Waals surface area contributed by atoms with Crippen molar-refractivity contribution in [1.82, 2.24) is 24.6 Å². The zero-order chi connectivity index (χ0) is 69.4. The summed E-state index contributed by atoms with van der Waals surface area (Å²) >= 11 is 0. The third kappa shape index (κ3) is 21.1. The summed E-state index contributed by atoms with van der Waals surface area (Å²) in [7, 11) is -8.14. The van der Waals surface area contributed by atoms with E-state index in [1.807, 2.05) is 72.7 Å². The van der Waals surface area contributed by atoms with Crippen LogP contribution < -0.4 is 50.1 Å². The van der Waals surface area contributed by atoms with Gasteiger partial charge in [0, 0.05) is 51.3 Å². The molecule has 536 valence electrons. The van der Waals surface area contributed by atoms with Crippen molar-refractivity contribution in [3.63, 3.8) is 0 Å². The van der Waals surface area contributed by atoms with E-state index in [0.717, 1.165) is 24.0 Å². The molecule has 4 aromatic carbocycles. The number of ether oxygens (including phenoxy) is 12. The second-order valence-corrected chi connectivity index (χ2v) is 30.9. The fourth-order valence-corrected chi connectivity index (χ4v) is 15.2. The van der Waals surface area contributed by atoms with E-state index in [9.17, 15) is 41.4 Å². The molecule has 4 saturated heterocycles. The average Bonchev–Trinajstić information content (AvgIpc) is 1.75. The first kappa shape index (κ1) is 74.5. The van der Waals surface area contributed by atoms with Gasteiger partial charge >= 0.3 is 12.2 Å². The molecule has 4 aromatic rings. The summed E-state index contributed by atoms with van der Waals surface area (Å²) in [5.74, 6) is 2.65. The molecule has 0 aliphatic carbocycles. The highest BCUT2D eigenvalue weighted by Gasteiger charge is 2.46. The Balaban J connectivity index is 0.000000230. The summed E-state index contributed by atoms with van der Waals surface area (Å²) in [6.07, 6.45) is -2.23. The minimum Gasteiger partial charge on any atom is -0.494 e. The Morgan fingerprint density at radius 3 is 1.42 bits per heavy atom. The van der Waals surface area contributed by atoms with Crippen LogP contribution in [0.4, 0.5) is 9.59 Å². The van der Waals surface area contributed by atoms with Gasteiger partial charge in [-0.1, -0.05) is 72.7 Å². The van der Waals surface area contributed by atoms with Crippen LogP contribution in [0, 0.1) is 29.1 Å². The number of nitrogens with one attached hydrogen (secondary N) is 3.